The molecule has 3 heteroatoms. The molecule has 0 saturated heterocycles. The third-order valence-corrected chi connectivity index (χ3v) is 4.95. The quantitative estimate of drug-likeness (QED) is 0.238. The highest BCUT2D eigenvalue weighted by Gasteiger charge is 2.01. The van der Waals surface area contributed by atoms with Crippen LogP contribution in [0, 0.1) is 6.92 Å². The first-order chi connectivity index (χ1) is 13.8. The van der Waals surface area contributed by atoms with Gasteiger partial charge < -0.3 is 4.74 Å². The summed E-state index contributed by atoms with van der Waals surface area (Å²) in [5.74, 6) is 0.953. The summed E-state index contributed by atoms with van der Waals surface area (Å²) in [6.07, 6.45) is 13.4. The average molecular weight is 381 g/mol. The molecule has 3 nitrogen and oxygen atoms in total. The van der Waals surface area contributed by atoms with E-state index >= 15 is 0 Å². The van der Waals surface area contributed by atoms with E-state index in [0.29, 0.717) is 0 Å². The molecule has 0 atom stereocenters. The lowest BCUT2D eigenvalue weighted by Gasteiger charge is -2.09. The molecule has 0 aliphatic carbocycles. The Morgan fingerprint density at radius 1 is 0.679 bits per heavy atom. The van der Waals surface area contributed by atoms with Gasteiger partial charge in [0.25, 0.3) is 0 Å². The topological polar surface area (TPSA) is 34.0 Å². The number of azo groups is 1. The van der Waals surface area contributed by atoms with Crippen molar-refractivity contribution in [3.8, 4) is 5.75 Å². The fraction of sp³-hybridized carbons (Fsp3) is 0.520. The van der Waals surface area contributed by atoms with Crippen molar-refractivity contribution < 1.29 is 4.74 Å². The molecule has 0 aliphatic rings. The number of rotatable bonds is 14. The Bertz CT molecular complexity index is 682. The van der Waals surface area contributed by atoms with Crippen LogP contribution in [-0.4, -0.2) is 6.61 Å². The van der Waals surface area contributed by atoms with Crippen molar-refractivity contribution in [2.24, 2.45) is 10.2 Å². The molecule has 0 fully saturated rings. The molecule has 0 unspecified atom stereocenters. The zero-order chi connectivity index (χ0) is 19.9. The van der Waals surface area contributed by atoms with Gasteiger partial charge in [-0.05, 0) is 49.2 Å². The first-order valence-electron chi connectivity index (χ1n) is 11.0. The van der Waals surface area contributed by atoms with Gasteiger partial charge in [-0.1, -0.05) is 82.9 Å². The molecule has 28 heavy (non-hydrogen) atoms. The number of hydrogen-bond acceptors (Lipinski definition) is 3. The van der Waals surface area contributed by atoms with Crippen molar-refractivity contribution in [3.05, 3.63) is 54.1 Å². The van der Waals surface area contributed by atoms with Gasteiger partial charge >= 0.3 is 0 Å². The van der Waals surface area contributed by atoms with E-state index in [1.165, 1.54) is 57.8 Å². The summed E-state index contributed by atoms with van der Waals surface area (Å²) in [4.78, 5) is 0. The highest BCUT2D eigenvalue weighted by Crippen LogP contribution is 2.25. The number of ether oxygens (including phenoxy) is 1. The van der Waals surface area contributed by atoms with Gasteiger partial charge in [-0.25, -0.2) is 0 Å². The minimum absolute atomic E-state index is 0.794. The lowest BCUT2D eigenvalue weighted by molar-refractivity contribution is 0.302. The van der Waals surface area contributed by atoms with E-state index in [1.54, 1.807) is 0 Å². The number of unbranched alkanes of at least 4 members (excludes halogenated alkanes) is 9. The third-order valence-electron chi connectivity index (χ3n) is 4.95. The van der Waals surface area contributed by atoms with E-state index < -0.39 is 0 Å². The first kappa shape index (κ1) is 22.1. The molecule has 0 heterocycles. The van der Waals surface area contributed by atoms with E-state index in [-0.39, 0.29) is 0 Å². The van der Waals surface area contributed by atoms with Crippen molar-refractivity contribution in [1.29, 1.82) is 0 Å². The summed E-state index contributed by atoms with van der Waals surface area (Å²) in [5, 5.41) is 8.57. The Kier molecular flexibility index (Phi) is 11.0. The molecule has 0 N–H and O–H groups in total. The summed E-state index contributed by atoms with van der Waals surface area (Å²) in [5.41, 5.74) is 2.82. The van der Waals surface area contributed by atoms with Crippen LogP contribution >= 0.6 is 0 Å². The Morgan fingerprint density at radius 2 is 1.29 bits per heavy atom. The van der Waals surface area contributed by atoms with Crippen LogP contribution in [0.15, 0.2) is 58.8 Å². The molecule has 2 aromatic carbocycles. The highest BCUT2D eigenvalue weighted by molar-refractivity contribution is 5.47. The van der Waals surface area contributed by atoms with E-state index in [2.05, 4.69) is 24.1 Å². The number of aryl methyl sites for hydroxylation is 1. The highest BCUT2D eigenvalue weighted by atomic mass is 16.5. The fourth-order valence-electron chi connectivity index (χ4n) is 3.24. The number of hydrogen-bond donors (Lipinski definition) is 0. The summed E-state index contributed by atoms with van der Waals surface area (Å²) in [6.45, 7) is 5.13. The summed E-state index contributed by atoms with van der Waals surface area (Å²) < 4.78 is 5.95. The van der Waals surface area contributed by atoms with E-state index in [4.69, 9.17) is 4.74 Å². The minimum atomic E-state index is 0.794. The monoisotopic (exact) mass is 380 g/mol. The van der Waals surface area contributed by atoms with Crippen LogP contribution < -0.4 is 4.74 Å². The second kappa shape index (κ2) is 13.9. The van der Waals surface area contributed by atoms with Crippen molar-refractivity contribution in [1.82, 2.24) is 0 Å². The maximum absolute atomic E-state index is 5.95. The number of nitrogens with zero attached hydrogens (tertiary/aromatic N) is 2. The average Bonchev–Trinajstić information content (AvgIpc) is 2.72. The fourth-order valence-corrected chi connectivity index (χ4v) is 3.24. The van der Waals surface area contributed by atoms with Crippen LogP contribution in [0.3, 0.4) is 0 Å². The molecular weight excluding hydrogens is 344 g/mol. The maximum atomic E-state index is 5.95. The standard InChI is InChI=1S/C25H36N2O/c1-3-4-5-6-7-8-9-10-11-15-20-28-25-19-18-24(21-22(25)2)27-26-23-16-13-12-14-17-23/h12-14,16-19,21H,3-11,15,20H2,1-2H3/b27-26+. The van der Waals surface area contributed by atoms with Gasteiger partial charge in [-0.2, -0.15) is 10.2 Å². The van der Waals surface area contributed by atoms with Gasteiger partial charge in [0.05, 0.1) is 18.0 Å². The molecule has 0 amide bonds. The molecule has 2 aromatic rings. The Labute approximate surface area is 171 Å². The minimum Gasteiger partial charge on any atom is -0.493 e. The number of benzene rings is 2. The van der Waals surface area contributed by atoms with E-state index in [1.807, 2.05) is 48.5 Å². The molecule has 0 spiro atoms. The largest absolute Gasteiger partial charge is 0.493 e. The smallest absolute Gasteiger partial charge is 0.122 e. The van der Waals surface area contributed by atoms with Crippen molar-refractivity contribution in [2.75, 3.05) is 6.61 Å². The zero-order valence-corrected chi connectivity index (χ0v) is 17.7. The van der Waals surface area contributed by atoms with Gasteiger partial charge in [0.2, 0.25) is 0 Å². The van der Waals surface area contributed by atoms with Gasteiger partial charge in [0.1, 0.15) is 5.75 Å². The SMILES string of the molecule is CCCCCCCCCCCCOc1ccc(/N=N/c2ccccc2)cc1C. The molecule has 2 rings (SSSR count). The van der Waals surface area contributed by atoms with Gasteiger partial charge in [0.15, 0.2) is 0 Å². The Balaban J connectivity index is 1.59. The predicted octanol–water partition coefficient (Wildman–Crippen LogP) is 8.71. The van der Waals surface area contributed by atoms with E-state index in [9.17, 15) is 0 Å². The molecule has 0 aliphatic heterocycles. The normalized spacial score (nSPS) is 11.2. The van der Waals surface area contributed by atoms with Gasteiger partial charge in [-0.15, -0.1) is 0 Å². The summed E-state index contributed by atoms with van der Waals surface area (Å²) in [6, 6.07) is 15.8. The molecule has 0 bridgehead atoms. The van der Waals surface area contributed by atoms with Crippen LogP contribution in [0.4, 0.5) is 11.4 Å². The van der Waals surface area contributed by atoms with Crippen LogP contribution in [0.25, 0.3) is 0 Å². The first-order valence-corrected chi connectivity index (χ1v) is 11.0. The molecule has 0 aromatic heterocycles. The molecule has 0 radical (unpaired) electrons. The molecular formula is C25H36N2O. The molecule has 0 saturated carbocycles. The second-order valence-electron chi connectivity index (χ2n) is 7.52. The van der Waals surface area contributed by atoms with Crippen molar-refractivity contribution in [2.45, 2.75) is 78.1 Å². The third kappa shape index (κ3) is 9.16. The van der Waals surface area contributed by atoms with Crippen LogP contribution in [-0.2, 0) is 0 Å². The van der Waals surface area contributed by atoms with Crippen molar-refractivity contribution in [3.63, 3.8) is 0 Å². The maximum Gasteiger partial charge on any atom is 0.122 e. The van der Waals surface area contributed by atoms with E-state index in [0.717, 1.165) is 35.7 Å². The van der Waals surface area contributed by atoms with Crippen LogP contribution in [0.5, 0.6) is 5.75 Å². The molecule has 152 valence electrons. The Hall–Kier alpha value is -2.16. The predicted molar refractivity (Wildman–Crippen MR) is 119 cm³/mol. The lowest BCUT2D eigenvalue weighted by atomic mass is 10.1. The van der Waals surface area contributed by atoms with Crippen molar-refractivity contribution >= 4 is 11.4 Å². The van der Waals surface area contributed by atoms with Gasteiger partial charge in [0, 0.05) is 0 Å². The van der Waals surface area contributed by atoms with Crippen LogP contribution in [0.2, 0.25) is 0 Å². The lowest BCUT2D eigenvalue weighted by Crippen LogP contribution is -1.98. The zero-order valence-electron chi connectivity index (χ0n) is 17.7. The van der Waals surface area contributed by atoms with Gasteiger partial charge in [-0.3, -0.25) is 0 Å². The Morgan fingerprint density at radius 3 is 1.93 bits per heavy atom. The summed E-state index contributed by atoms with van der Waals surface area (Å²) >= 11 is 0. The van der Waals surface area contributed by atoms with Crippen LogP contribution in [0.1, 0.15) is 76.7 Å². The second-order valence-corrected chi connectivity index (χ2v) is 7.52. The summed E-state index contributed by atoms with van der Waals surface area (Å²) in [7, 11) is 0.